The molecule has 0 spiro atoms. The van der Waals surface area contributed by atoms with Gasteiger partial charge in [-0.15, -0.1) is 0 Å². The van der Waals surface area contributed by atoms with Crippen molar-refractivity contribution in [3.63, 3.8) is 0 Å². The minimum absolute atomic E-state index is 0.247. The third-order valence-corrected chi connectivity index (χ3v) is 4.56. The molecule has 0 saturated carbocycles. The second-order valence-corrected chi connectivity index (χ2v) is 6.61. The first kappa shape index (κ1) is 19.5. The molecule has 4 rings (SSSR count). The van der Waals surface area contributed by atoms with E-state index >= 15 is 0 Å². The molecule has 0 aliphatic heterocycles. The number of carbonyl (C=O) groups is 1. The molecule has 0 radical (unpaired) electrons. The number of methoxy groups -OCH3 is 1. The van der Waals surface area contributed by atoms with Crippen molar-refractivity contribution < 1.29 is 14.3 Å². The summed E-state index contributed by atoms with van der Waals surface area (Å²) in [7, 11) is 1.51. The Labute approximate surface area is 177 Å². The molecule has 0 unspecified atom stereocenters. The van der Waals surface area contributed by atoms with Crippen molar-refractivity contribution >= 4 is 23.2 Å². The van der Waals surface area contributed by atoms with Gasteiger partial charge >= 0.3 is 6.01 Å². The number of hydrogen-bond donors (Lipinski definition) is 1. The minimum Gasteiger partial charge on any atom is -0.496 e. The van der Waals surface area contributed by atoms with E-state index in [-0.39, 0.29) is 11.9 Å². The van der Waals surface area contributed by atoms with Gasteiger partial charge in [-0.2, -0.15) is 0 Å². The number of rotatable bonds is 6. The number of nitrogens with one attached hydrogen (secondary N) is 1. The highest BCUT2D eigenvalue weighted by molar-refractivity contribution is 6.33. The van der Waals surface area contributed by atoms with E-state index < -0.39 is 0 Å². The minimum atomic E-state index is -0.340. The Hall–Kier alpha value is -3.84. The molecule has 1 amide bonds. The van der Waals surface area contributed by atoms with Crippen LogP contribution in [0.2, 0.25) is 5.02 Å². The topological polar surface area (TPSA) is 78.3 Å². The number of aromatic nitrogens is 3. The molecular formula is C22H17ClN4O3. The van der Waals surface area contributed by atoms with Gasteiger partial charge < -0.3 is 19.4 Å². The molecule has 0 aliphatic carbocycles. The van der Waals surface area contributed by atoms with E-state index in [1.165, 1.54) is 7.11 Å². The van der Waals surface area contributed by atoms with Gasteiger partial charge in [-0.25, -0.2) is 9.97 Å². The number of nitrogens with zero attached hydrogens (tertiary/aromatic N) is 3. The van der Waals surface area contributed by atoms with E-state index in [9.17, 15) is 4.79 Å². The summed E-state index contributed by atoms with van der Waals surface area (Å²) < 4.78 is 12.8. The zero-order valence-corrected chi connectivity index (χ0v) is 16.7. The molecule has 150 valence electrons. The second kappa shape index (κ2) is 8.67. The van der Waals surface area contributed by atoms with Crippen LogP contribution in [0.5, 0.6) is 17.5 Å². The zero-order chi connectivity index (χ0) is 20.9. The summed E-state index contributed by atoms with van der Waals surface area (Å²) >= 11 is 6.41. The summed E-state index contributed by atoms with van der Waals surface area (Å²) in [6, 6.07) is 15.9. The van der Waals surface area contributed by atoms with Gasteiger partial charge in [0.2, 0.25) is 0 Å². The molecule has 30 heavy (non-hydrogen) atoms. The van der Waals surface area contributed by atoms with Gasteiger partial charge in [-0.1, -0.05) is 11.6 Å². The van der Waals surface area contributed by atoms with E-state index in [0.717, 1.165) is 5.69 Å². The number of carbonyl (C=O) groups excluding carboxylic acids is 1. The quantitative estimate of drug-likeness (QED) is 0.476. The fourth-order valence-electron chi connectivity index (χ4n) is 2.83. The second-order valence-electron chi connectivity index (χ2n) is 6.21. The van der Waals surface area contributed by atoms with Gasteiger partial charge in [0.05, 0.1) is 23.4 Å². The molecule has 0 saturated heterocycles. The number of amides is 1. The molecule has 1 N–H and O–H groups in total. The molecule has 0 fully saturated rings. The highest BCUT2D eigenvalue weighted by atomic mass is 35.5. The van der Waals surface area contributed by atoms with E-state index in [4.69, 9.17) is 21.1 Å². The van der Waals surface area contributed by atoms with Crippen LogP contribution in [0.1, 0.15) is 10.4 Å². The molecular weight excluding hydrogens is 404 g/mol. The first-order chi connectivity index (χ1) is 14.6. The van der Waals surface area contributed by atoms with Crippen LogP contribution in [-0.2, 0) is 0 Å². The lowest BCUT2D eigenvalue weighted by Crippen LogP contribution is -2.13. The molecule has 8 heteroatoms. The van der Waals surface area contributed by atoms with Crippen LogP contribution in [0.25, 0.3) is 5.69 Å². The summed E-state index contributed by atoms with van der Waals surface area (Å²) in [5, 5.41) is 3.27. The van der Waals surface area contributed by atoms with Crippen LogP contribution < -0.4 is 14.8 Å². The predicted molar refractivity (Wildman–Crippen MR) is 114 cm³/mol. The lowest BCUT2D eigenvalue weighted by atomic mass is 10.1. The van der Waals surface area contributed by atoms with Crippen LogP contribution in [0.4, 0.5) is 5.69 Å². The summed E-state index contributed by atoms with van der Waals surface area (Å²) in [5.41, 5.74) is 1.64. The molecule has 4 aromatic rings. The Morgan fingerprint density at radius 3 is 2.40 bits per heavy atom. The highest BCUT2D eigenvalue weighted by Crippen LogP contribution is 2.31. The maximum absolute atomic E-state index is 12.8. The lowest BCUT2D eigenvalue weighted by molar-refractivity contribution is 0.102. The van der Waals surface area contributed by atoms with Crippen molar-refractivity contribution in [1.29, 1.82) is 0 Å². The Bertz CT molecular complexity index is 1150. The van der Waals surface area contributed by atoms with Crippen molar-refractivity contribution in [3.05, 3.63) is 90.0 Å². The van der Waals surface area contributed by atoms with Gasteiger partial charge in [-0.05, 0) is 48.5 Å². The van der Waals surface area contributed by atoms with Crippen molar-refractivity contribution in [2.75, 3.05) is 12.4 Å². The first-order valence-electron chi connectivity index (χ1n) is 9.01. The summed E-state index contributed by atoms with van der Waals surface area (Å²) in [6.45, 7) is 0. The number of ether oxygens (including phenoxy) is 2. The van der Waals surface area contributed by atoms with Gasteiger partial charge in [0.15, 0.2) is 0 Å². The first-order valence-corrected chi connectivity index (χ1v) is 9.39. The Morgan fingerprint density at radius 1 is 1.03 bits per heavy atom. The Morgan fingerprint density at radius 2 is 1.73 bits per heavy atom. The fourth-order valence-corrected chi connectivity index (χ4v) is 3.09. The molecule has 2 heterocycles. The van der Waals surface area contributed by atoms with Gasteiger partial charge in [0.25, 0.3) is 5.91 Å². The average molecular weight is 421 g/mol. The smallest absolute Gasteiger partial charge is 0.321 e. The van der Waals surface area contributed by atoms with Crippen molar-refractivity contribution in [2.24, 2.45) is 0 Å². The van der Waals surface area contributed by atoms with Crippen LogP contribution in [0.3, 0.4) is 0 Å². The SMILES string of the molecule is COc1cc(-n2cccc2)c(Cl)cc1C(=O)Nc1ccc(Oc2ncccn2)cc1. The van der Waals surface area contributed by atoms with Gasteiger partial charge in [-0.3, -0.25) is 4.79 Å². The van der Waals surface area contributed by atoms with E-state index in [0.29, 0.717) is 27.8 Å². The Balaban J connectivity index is 1.51. The molecule has 2 aromatic heterocycles. The zero-order valence-electron chi connectivity index (χ0n) is 15.9. The largest absolute Gasteiger partial charge is 0.496 e. The van der Waals surface area contributed by atoms with Crippen LogP contribution in [0.15, 0.2) is 79.4 Å². The van der Waals surface area contributed by atoms with Crippen LogP contribution >= 0.6 is 11.6 Å². The van der Waals surface area contributed by atoms with Crippen LogP contribution in [-0.4, -0.2) is 27.6 Å². The maximum atomic E-state index is 12.8. The van der Waals surface area contributed by atoms with Gasteiger partial charge in [0.1, 0.15) is 11.5 Å². The number of hydrogen-bond acceptors (Lipinski definition) is 5. The van der Waals surface area contributed by atoms with E-state index in [1.54, 1.807) is 54.9 Å². The van der Waals surface area contributed by atoms with Crippen molar-refractivity contribution in [1.82, 2.24) is 14.5 Å². The van der Waals surface area contributed by atoms with Crippen molar-refractivity contribution in [3.8, 4) is 23.2 Å². The summed E-state index contributed by atoms with van der Waals surface area (Å²) in [6.07, 6.45) is 6.92. The number of anilines is 1. The molecule has 2 aromatic carbocycles. The Kier molecular flexibility index (Phi) is 5.63. The number of halogens is 1. The predicted octanol–water partition coefficient (Wildman–Crippen LogP) is 4.97. The highest BCUT2D eigenvalue weighted by Gasteiger charge is 2.17. The monoisotopic (exact) mass is 420 g/mol. The summed E-state index contributed by atoms with van der Waals surface area (Å²) in [5.74, 6) is 0.630. The number of benzene rings is 2. The fraction of sp³-hybridized carbons (Fsp3) is 0.0455. The molecule has 0 atom stereocenters. The van der Waals surface area contributed by atoms with Crippen molar-refractivity contribution in [2.45, 2.75) is 0 Å². The molecule has 7 nitrogen and oxygen atoms in total. The third-order valence-electron chi connectivity index (χ3n) is 4.26. The molecule has 0 bridgehead atoms. The normalized spacial score (nSPS) is 10.5. The maximum Gasteiger partial charge on any atom is 0.321 e. The third kappa shape index (κ3) is 4.26. The average Bonchev–Trinajstić information content (AvgIpc) is 3.30. The van der Waals surface area contributed by atoms with E-state index in [1.807, 2.05) is 29.1 Å². The standard InChI is InChI=1S/C22H17ClN4O3/c1-29-20-14-19(27-11-2-3-12-27)18(23)13-17(20)21(28)26-15-5-7-16(8-6-15)30-22-24-9-4-10-25-22/h2-14H,1H3,(H,26,28). The molecule has 0 aliphatic rings. The van der Waals surface area contributed by atoms with Crippen LogP contribution in [0, 0.1) is 0 Å². The summed E-state index contributed by atoms with van der Waals surface area (Å²) in [4.78, 5) is 20.8. The van der Waals surface area contributed by atoms with E-state index in [2.05, 4.69) is 15.3 Å². The van der Waals surface area contributed by atoms with Gasteiger partial charge in [0, 0.05) is 36.5 Å². The lowest BCUT2D eigenvalue weighted by Gasteiger charge is -2.14.